The number of fused-ring (bicyclic) bond motifs is 1. The lowest BCUT2D eigenvalue weighted by Gasteiger charge is -2.09. The number of aryl methyl sites for hydroxylation is 1. The average Bonchev–Trinajstić information content (AvgIpc) is 2.84. The number of aromatic nitrogens is 1. The molecule has 0 saturated carbocycles. The molecule has 126 valence electrons. The lowest BCUT2D eigenvalue weighted by atomic mass is 10.3. The fourth-order valence-corrected chi connectivity index (χ4v) is 4.86. The topological polar surface area (TPSA) is 68.2 Å². The minimum Gasteiger partial charge on any atom is -0.299 e. The van der Waals surface area contributed by atoms with E-state index >= 15 is 0 Å². The Hall–Kier alpha value is -1.35. The zero-order valence-corrected chi connectivity index (χ0v) is 16.4. The largest absolute Gasteiger partial charge is 0.308 e. The normalized spacial score (nSPS) is 11.8. The Bertz CT molecular complexity index is 1090. The summed E-state index contributed by atoms with van der Waals surface area (Å²) in [6, 6.07) is 9.45. The Morgan fingerprint density at radius 3 is 2.67 bits per heavy atom. The molecule has 0 unspecified atom stereocenters. The van der Waals surface area contributed by atoms with Gasteiger partial charge in [-0.2, -0.15) is 0 Å². The molecule has 24 heavy (non-hydrogen) atoms. The summed E-state index contributed by atoms with van der Waals surface area (Å²) in [5.74, 6) is 0. The molecule has 0 fully saturated rings. The first-order valence-electron chi connectivity index (χ1n) is 6.93. The van der Waals surface area contributed by atoms with Crippen LogP contribution in [0.5, 0.6) is 0 Å². The Morgan fingerprint density at radius 2 is 2.00 bits per heavy atom. The van der Waals surface area contributed by atoms with Gasteiger partial charge in [0.2, 0.25) is 0 Å². The van der Waals surface area contributed by atoms with Crippen LogP contribution in [0.15, 0.2) is 50.6 Å². The van der Waals surface area contributed by atoms with Crippen molar-refractivity contribution in [2.75, 3.05) is 4.72 Å². The van der Waals surface area contributed by atoms with Gasteiger partial charge in [0, 0.05) is 11.0 Å². The molecule has 0 amide bonds. The second-order valence-electron chi connectivity index (χ2n) is 4.98. The molecule has 9 heteroatoms. The first kappa shape index (κ1) is 17.5. The van der Waals surface area contributed by atoms with E-state index in [2.05, 4.69) is 20.7 Å². The maximum atomic E-state index is 12.6. The highest BCUT2D eigenvalue weighted by Crippen LogP contribution is 2.28. The van der Waals surface area contributed by atoms with Crippen molar-refractivity contribution < 1.29 is 8.42 Å². The fraction of sp³-hybridized carbons (Fsp3) is 0.133. The van der Waals surface area contributed by atoms with Crippen LogP contribution < -0.4 is 9.60 Å². The van der Waals surface area contributed by atoms with Gasteiger partial charge in [-0.25, -0.2) is 8.42 Å². The maximum absolute atomic E-state index is 12.6. The van der Waals surface area contributed by atoms with Gasteiger partial charge in [-0.3, -0.25) is 14.1 Å². The molecule has 1 aromatic heterocycles. The number of nitrogens with one attached hydrogen (secondary N) is 1. The second kappa shape index (κ2) is 6.51. The summed E-state index contributed by atoms with van der Waals surface area (Å²) >= 11 is 10.3. The van der Waals surface area contributed by atoms with Crippen LogP contribution in [0.2, 0.25) is 5.02 Å². The van der Waals surface area contributed by atoms with Gasteiger partial charge >= 0.3 is 4.87 Å². The van der Waals surface area contributed by atoms with E-state index in [0.29, 0.717) is 26.4 Å². The number of benzene rings is 2. The van der Waals surface area contributed by atoms with E-state index < -0.39 is 10.0 Å². The van der Waals surface area contributed by atoms with Crippen LogP contribution in [0.4, 0.5) is 5.69 Å². The van der Waals surface area contributed by atoms with Crippen LogP contribution in [-0.2, 0) is 16.6 Å². The van der Waals surface area contributed by atoms with Crippen molar-refractivity contribution in [1.29, 1.82) is 0 Å². The average molecular weight is 448 g/mol. The smallest absolute Gasteiger partial charge is 0.299 e. The zero-order chi connectivity index (χ0) is 17.5. The summed E-state index contributed by atoms with van der Waals surface area (Å²) in [4.78, 5) is 11.9. The molecule has 1 heterocycles. The van der Waals surface area contributed by atoms with E-state index in [1.807, 2.05) is 6.92 Å². The molecule has 3 rings (SSSR count). The van der Waals surface area contributed by atoms with Gasteiger partial charge in [0.15, 0.2) is 0 Å². The zero-order valence-electron chi connectivity index (χ0n) is 12.4. The molecule has 2 aromatic carbocycles. The van der Waals surface area contributed by atoms with E-state index in [1.165, 1.54) is 18.2 Å². The number of anilines is 1. The van der Waals surface area contributed by atoms with Crippen LogP contribution in [-0.4, -0.2) is 13.0 Å². The van der Waals surface area contributed by atoms with Gasteiger partial charge in [-0.05, 0) is 59.3 Å². The summed E-state index contributed by atoms with van der Waals surface area (Å²) in [7, 11) is -3.77. The highest BCUT2D eigenvalue weighted by Gasteiger charge is 2.17. The van der Waals surface area contributed by atoms with E-state index in [-0.39, 0.29) is 9.77 Å². The minimum absolute atomic E-state index is 0.0959. The SMILES string of the molecule is CCn1c(=O)sc2cc(S(=O)(=O)Nc3ccc(Br)c(Cl)c3)ccc21. The van der Waals surface area contributed by atoms with Crippen LogP contribution in [0.1, 0.15) is 6.92 Å². The summed E-state index contributed by atoms with van der Waals surface area (Å²) < 4.78 is 30.5. The van der Waals surface area contributed by atoms with Crippen molar-refractivity contribution in [3.05, 3.63) is 55.6 Å². The van der Waals surface area contributed by atoms with Crippen molar-refractivity contribution in [3.8, 4) is 0 Å². The summed E-state index contributed by atoms with van der Waals surface area (Å²) in [5, 5.41) is 0.406. The maximum Gasteiger partial charge on any atom is 0.308 e. The quantitative estimate of drug-likeness (QED) is 0.648. The Labute approximate surface area is 156 Å². The van der Waals surface area contributed by atoms with Gasteiger partial charge in [0.25, 0.3) is 10.0 Å². The highest BCUT2D eigenvalue weighted by molar-refractivity contribution is 9.10. The minimum atomic E-state index is -3.77. The lowest BCUT2D eigenvalue weighted by molar-refractivity contribution is 0.601. The Morgan fingerprint density at radius 1 is 1.25 bits per heavy atom. The lowest BCUT2D eigenvalue weighted by Crippen LogP contribution is -2.13. The van der Waals surface area contributed by atoms with Crippen molar-refractivity contribution in [2.24, 2.45) is 0 Å². The third kappa shape index (κ3) is 3.23. The van der Waals surface area contributed by atoms with E-state index in [4.69, 9.17) is 11.6 Å². The van der Waals surface area contributed by atoms with Crippen LogP contribution in [0, 0.1) is 0 Å². The molecule has 5 nitrogen and oxygen atoms in total. The first-order chi connectivity index (χ1) is 11.3. The molecule has 0 aliphatic rings. The summed E-state index contributed by atoms with van der Waals surface area (Å²) in [6.45, 7) is 2.41. The Balaban J connectivity index is 2.01. The van der Waals surface area contributed by atoms with Gasteiger partial charge in [0.05, 0.1) is 25.8 Å². The molecular weight excluding hydrogens is 436 g/mol. The van der Waals surface area contributed by atoms with Crippen LogP contribution in [0.25, 0.3) is 10.2 Å². The number of halogens is 2. The predicted molar refractivity (Wildman–Crippen MR) is 102 cm³/mol. The number of hydrogen-bond acceptors (Lipinski definition) is 4. The van der Waals surface area contributed by atoms with E-state index in [0.717, 1.165) is 16.9 Å². The monoisotopic (exact) mass is 446 g/mol. The standard InChI is InChI=1S/C15H12BrClN2O3S2/c1-2-19-13-6-4-10(8-14(13)23-15(19)20)24(21,22)18-9-3-5-11(16)12(17)7-9/h3-8,18H,2H2,1H3. The molecule has 0 aliphatic carbocycles. The summed E-state index contributed by atoms with van der Waals surface area (Å²) in [5.41, 5.74) is 1.10. The van der Waals surface area contributed by atoms with Gasteiger partial charge in [-0.15, -0.1) is 0 Å². The fourth-order valence-electron chi connectivity index (χ4n) is 2.29. The number of thiazole rings is 1. The van der Waals surface area contributed by atoms with Gasteiger partial charge in [-0.1, -0.05) is 22.9 Å². The van der Waals surface area contributed by atoms with Crippen molar-refractivity contribution in [1.82, 2.24) is 4.57 Å². The molecule has 0 bridgehead atoms. The molecule has 0 radical (unpaired) electrons. The molecule has 0 spiro atoms. The third-order valence-electron chi connectivity index (χ3n) is 3.44. The van der Waals surface area contributed by atoms with Crippen LogP contribution >= 0.6 is 38.9 Å². The van der Waals surface area contributed by atoms with Crippen LogP contribution in [0.3, 0.4) is 0 Å². The van der Waals surface area contributed by atoms with Gasteiger partial charge < -0.3 is 0 Å². The molecular formula is C15H12BrClN2O3S2. The number of hydrogen-bond donors (Lipinski definition) is 1. The van der Waals surface area contributed by atoms with Crippen molar-refractivity contribution in [3.63, 3.8) is 0 Å². The Kier molecular flexibility index (Phi) is 4.74. The second-order valence-corrected chi connectivity index (χ2v) is 8.91. The first-order valence-corrected chi connectivity index (χ1v) is 10.4. The summed E-state index contributed by atoms with van der Waals surface area (Å²) in [6.07, 6.45) is 0. The van der Waals surface area contributed by atoms with E-state index in [1.54, 1.807) is 22.8 Å². The highest BCUT2D eigenvalue weighted by atomic mass is 79.9. The molecule has 0 atom stereocenters. The number of rotatable bonds is 4. The number of sulfonamides is 1. The van der Waals surface area contributed by atoms with E-state index in [9.17, 15) is 13.2 Å². The molecule has 1 N–H and O–H groups in total. The molecule has 0 aliphatic heterocycles. The number of nitrogens with zero attached hydrogens (tertiary/aromatic N) is 1. The molecule has 0 saturated heterocycles. The van der Waals surface area contributed by atoms with Crippen molar-refractivity contribution in [2.45, 2.75) is 18.4 Å². The predicted octanol–water partition coefficient (Wildman–Crippen LogP) is 4.30. The van der Waals surface area contributed by atoms with Gasteiger partial charge in [0.1, 0.15) is 0 Å². The third-order valence-corrected chi connectivity index (χ3v) is 6.99. The molecule has 3 aromatic rings. The van der Waals surface area contributed by atoms with Crippen molar-refractivity contribution >= 4 is 64.8 Å².